The van der Waals surface area contributed by atoms with E-state index in [-0.39, 0.29) is 29.6 Å². The fraction of sp³-hybridized carbons (Fsp3) is 0.762. The number of carbonyl (C=O) groups excluding carboxylic acids is 2. The van der Waals surface area contributed by atoms with Gasteiger partial charge in [-0.15, -0.1) is 0 Å². The van der Waals surface area contributed by atoms with Crippen molar-refractivity contribution < 1.29 is 14.3 Å². The Labute approximate surface area is 162 Å². The Balaban J connectivity index is 1.72. The number of aryl methyl sites for hydroxylation is 2. The predicted octanol–water partition coefficient (Wildman–Crippen LogP) is 3.15. The number of rotatable bonds is 7. The molecule has 27 heavy (non-hydrogen) atoms. The summed E-state index contributed by atoms with van der Waals surface area (Å²) in [5.74, 6) is 0.473. The highest BCUT2D eigenvalue weighted by atomic mass is 16.5. The molecule has 0 aliphatic heterocycles. The van der Waals surface area contributed by atoms with E-state index >= 15 is 0 Å². The van der Waals surface area contributed by atoms with E-state index < -0.39 is 0 Å². The van der Waals surface area contributed by atoms with Crippen molar-refractivity contribution >= 4 is 11.9 Å². The van der Waals surface area contributed by atoms with Crippen LogP contribution in [0.1, 0.15) is 62.4 Å². The predicted molar refractivity (Wildman–Crippen MR) is 103 cm³/mol. The van der Waals surface area contributed by atoms with Gasteiger partial charge in [-0.2, -0.15) is 5.10 Å². The summed E-state index contributed by atoms with van der Waals surface area (Å²) >= 11 is 0. The van der Waals surface area contributed by atoms with Gasteiger partial charge in [0.1, 0.15) is 0 Å². The first-order valence-electron chi connectivity index (χ1n) is 10.4. The molecule has 0 aromatic carbocycles. The molecular weight excluding hydrogens is 342 g/mol. The van der Waals surface area contributed by atoms with Gasteiger partial charge in [-0.05, 0) is 46.0 Å². The van der Waals surface area contributed by atoms with Gasteiger partial charge >= 0.3 is 5.97 Å². The Morgan fingerprint density at radius 3 is 2.52 bits per heavy atom. The first kappa shape index (κ1) is 19.9. The Bertz CT molecular complexity index is 691. The Morgan fingerprint density at radius 2 is 1.93 bits per heavy atom. The second kappa shape index (κ2) is 8.44. The van der Waals surface area contributed by atoms with Crippen LogP contribution in [0.15, 0.2) is 0 Å². The third-order valence-electron chi connectivity index (χ3n) is 6.24. The molecule has 150 valence electrons. The number of amides is 1. The van der Waals surface area contributed by atoms with Crippen molar-refractivity contribution in [2.45, 2.75) is 65.8 Å². The fourth-order valence-electron chi connectivity index (χ4n) is 4.35. The third kappa shape index (κ3) is 4.53. The monoisotopic (exact) mass is 375 g/mol. The second-order valence-corrected chi connectivity index (χ2v) is 8.18. The summed E-state index contributed by atoms with van der Waals surface area (Å²) in [5.41, 5.74) is 3.22. The van der Waals surface area contributed by atoms with Gasteiger partial charge in [-0.1, -0.05) is 19.3 Å². The van der Waals surface area contributed by atoms with E-state index in [4.69, 9.17) is 4.74 Å². The number of hydrogen-bond donors (Lipinski definition) is 0. The molecule has 0 N–H and O–H groups in total. The van der Waals surface area contributed by atoms with Crippen LogP contribution in [0.3, 0.4) is 0 Å². The first-order chi connectivity index (χ1) is 12.9. The minimum absolute atomic E-state index is 0.0392. The molecule has 0 bridgehead atoms. The Kier molecular flexibility index (Phi) is 6.22. The minimum Gasteiger partial charge on any atom is -0.466 e. The molecule has 2 aliphatic carbocycles. The van der Waals surface area contributed by atoms with Crippen LogP contribution in [0.2, 0.25) is 0 Å². The standard InChI is InChI=1S/C21H33N3O3/c1-5-27-21(26)18-11-17(18)12-24(20(25)16-9-7-6-8-10-16)13-19-14(2)22-23(4)15(19)3/h16-18H,5-13H2,1-4H3. The maximum Gasteiger partial charge on any atom is 0.309 e. The molecule has 2 fully saturated rings. The molecule has 0 spiro atoms. The number of aromatic nitrogens is 2. The molecule has 1 amide bonds. The number of ether oxygens (including phenoxy) is 1. The molecule has 1 aromatic rings. The summed E-state index contributed by atoms with van der Waals surface area (Å²) in [6, 6.07) is 0. The summed E-state index contributed by atoms with van der Waals surface area (Å²) in [6.07, 6.45) is 6.34. The van der Waals surface area contributed by atoms with Crippen LogP contribution in [-0.4, -0.2) is 39.7 Å². The van der Waals surface area contributed by atoms with Crippen molar-refractivity contribution in [3.05, 3.63) is 17.0 Å². The Hall–Kier alpha value is -1.85. The molecular formula is C21H33N3O3. The van der Waals surface area contributed by atoms with Gasteiger partial charge in [0.15, 0.2) is 0 Å². The SMILES string of the molecule is CCOC(=O)C1CC1CN(Cc1c(C)nn(C)c1C)C(=O)C1CCCCC1. The van der Waals surface area contributed by atoms with Crippen molar-refractivity contribution in [1.29, 1.82) is 0 Å². The molecule has 2 unspecified atom stereocenters. The highest BCUT2D eigenvalue weighted by Gasteiger charge is 2.46. The summed E-state index contributed by atoms with van der Waals surface area (Å²) in [4.78, 5) is 27.3. The molecule has 0 saturated heterocycles. The summed E-state index contributed by atoms with van der Waals surface area (Å²) in [7, 11) is 1.94. The van der Waals surface area contributed by atoms with E-state index in [9.17, 15) is 9.59 Å². The van der Waals surface area contributed by atoms with Gasteiger partial charge in [-0.3, -0.25) is 14.3 Å². The molecule has 3 rings (SSSR count). The maximum absolute atomic E-state index is 13.3. The van der Waals surface area contributed by atoms with Crippen LogP contribution < -0.4 is 0 Å². The van der Waals surface area contributed by atoms with Gasteiger partial charge < -0.3 is 9.64 Å². The number of nitrogens with zero attached hydrogens (tertiary/aromatic N) is 3. The van der Waals surface area contributed by atoms with Gasteiger partial charge in [-0.25, -0.2) is 0 Å². The number of esters is 1. The zero-order valence-corrected chi connectivity index (χ0v) is 17.2. The van der Waals surface area contributed by atoms with E-state index in [2.05, 4.69) is 12.0 Å². The molecule has 6 nitrogen and oxygen atoms in total. The lowest BCUT2D eigenvalue weighted by Crippen LogP contribution is -2.38. The fourth-order valence-corrected chi connectivity index (χ4v) is 4.35. The molecule has 1 heterocycles. The van der Waals surface area contributed by atoms with Crippen molar-refractivity contribution in [2.24, 2.45) is 24.8 Å². The van der Waals surface area contributed by atoms with Gasteiger partial charge in [0.2, 0.25) is 5.91 Å². The molecule has 0 radical (unpaired) electrons. The van der Waals surface area contributed by atoms with Gasteiger partial charge in [0.05, 0.1) is 18.2 Å². The van der Waals surface area contributed by atoms with Crippen molar-refractivity contribution in [1.82, 2.24) is 14.7 Å². The molecule has 2 atom stereocenters. The smallest absolute Gasteiger partial charge is 0.309 e. The van der Waals surface area contributed by atoms with Crippen LogP contribution in [0, 0.1) is 31.6 Å². The lowest BCUT2D eigenvalue weighted by Gasteiger charge is -2.30. The van der Waals surface area contributed by atoms with Crippen LogP contribution in [0.4, 0.5) is 0 Å². The van der Waals surface area contributed by atoms with Crippen LogP contribution in [0.25, 0.3) is 0 Å². The Morgan fingerprint density at radius 1 is 1.22 bits per heavy atom. The quantitative estimate of drug-likeness (QED) is 0.687. The largest absolute Gasteiger partial charge is 0.466 e. The van der Waals surface area contributed by atoms with Crippen molar-refractivity contribution in [3.63, 3.8) is 0 Å². The third-order valence-corrected chi connectivity index (χ3v) is 6.24. The van der Waals surface area contributed by atoms with Crippen LogP contribution in [0.5, 0.6) is 0 Å². The highest BCUT2D eigenvalue weighted by Crippen LogP contribution is 2.41. The zero-order chi connectivity index (χ0) is 19.6. The zero-order valence-electron chi connectivity index (χ0n) is 17.2. The molecule has 1 aromatic heterocycles. The topological polar surface area (TPSA) is 64.4 Å². The number of carbonyl (C=O) groups is 2. The lowest BCUT2D eigenvalue weighted by molar-refractivity contribution is -0.145. The van der Waals surface area contributed by atoms with Crippen LogP contribution >= 0.6 is 0 Å². The minimum atomic E-state index is -0.110. The van der Waals surface area contributed by atoms with Crippen molar-refractivity contribution in [3.8, 4) is 0 Å². The summed E-state index contributed by atoms with van der Waals surface area (Å²) < 4.78 is 7.04. The van der Waals surface area contributed by atoms with Gasteiger partial charge in [0, 0.05) is 37.3 Å². The average molecular weight is 376 g/mol. The lowest BCUT2D eigenvalue weighted by atomic mass is 9.88. The molecule has 2 aliphatic rings. The summed E-state index contributed by atoms with van der Waals surface area (Å²) in [5, 5.41) is 4.50. The average Bonchev–Trinajstić information content (AvgIpc) is 3.39. The molecule has 6 heteroatoms. The van der Waals surface area contributed by atoms with E-state index in [1.165, 1.54) is 6.42 Å². The highest BCUT2D eigenvalue weighted by molar-refractivity contribution is 5.80. The number of hydrogen-bond acceptors (Lipinski definition) is 4. The van der Waals surface area contributed by atoms with Gasteiger partial charge in [0.25, 0.3) is 0 Å². The summed E-state index contributed by atoms with van der Waals surface area (Å²) in [6.45, 7) is 7.55. The van der Waals surface area contributed by atoms with E-state index in [0.29, 0.717) is 19.7 Å². The normalized spacial score (nSPS) is 22.5. The second-order valence-electron chi connectivity index (χ2n) is 8.18. The maximum atomic E-state index is 13.3. The molecule has 2 saturated carbocycles. The van der Waals surface area contributed by atoms with E-state index in [1.807, 2.05) is 30.5 Å². The van der Waals surface area contributed by atoms with Crippen molar-refractivity contribution in [2.75, 3.05) is 13.2 Å². The van der Waals surface area contributed by atoms with Crippen LogP contribution in [-0.2, 0) is 27.9 Å². The van der Waals surface area contributed by atoms with E-state index in [0.717, 1.165) is 49.1 Å². The van der Waals surface area contributed by atoms with E-state index in [1.54, 1.807) is 0 Å². The first-order valence-corrected chi connectivity index (χ1v) is 10.4.